The SMILES string of the molecule is COc1ccc(C(=O)NCc2ccccn2)cc1Br. The molecular formula is C14H13BrN2O2. The van der Waals surface area contributed by atoms with Crippen LogP contribution in [-0.4, -0.2) is 18.0 Å². The van der Waals surface area contributed by atoms with Crippen molar-refractivity contribution in [2.45, 2.75) is 6.54 Å². The first-order valence-electron chi connectivity index (χ1n) is 5.72. The zero-order valence-electron chi connectivity index (χ0n) is 10.4. The van der Waals surface area contributed by atoms with Gasteiger partial charge in [-0.2, -0.15) is 0 Å². The van der Waals surface area contributed by atoms with Gasteiger partial charge in [-0.1, -0.05) is 6.07 Å². The molecule has 1 N–H and O–H groups in total. The fourth-order valence-corrected chi connectivity index (χ4v) is 2.12. The van der Waals surface area contributed by atoms with Crippen molar-refractivity contribution in [3.05, 3.63) is 58.3 Å². The third-order valence-corrected chi connectivity index (χ3v) is 3.19. The number of hydrogen-bond donors (Lipinski definition) is 1. The first kappa shape index (κ1) is 13.5. The third-order valence-electron chi connectivity index (χ3n) is 2.57. The number of halogens is 1. The van der Waals surface area contributed by atoms with E-state index in [4.69, 9.17) is 4.74 Å². The van der Waals surface area contributed by atoms with Gasteiger partial charge >= 0.3 is 0 Å². The van der Waals surface area contributed by atoms with Gasteiger partial charge in [0, 0.05) is 11.8 Å². The average molecular weight is 321 g/mol. The van der Waals surface area contributed by atoms with Crippen molar-refractivity contribution < 1.29 is 9.53 Å². The lowest BCUT2D eigenvalue weighted by Crippen LogP contribution is -2.23. The van der Waals surface area contributed by atoms with Crippen LogP contribution in [0.2, 0.25) is 0 Å². The molecule has 5 heteroatoms. The van der Waals surface area contributed by atoms with Crippen LogP contribution in [0.4, 0.5) is 0 Å². The van der Waals surface area contributed by atoms with Crippen LogP contribution >= 0.6 is 15.9 Å². The standard InChI is InChI=1S/C14H13BrN2O2/c1-19-13-6-5-10(8-12(13)15)14(18)17-9-11-4-2-3-7-16-11/h2-8H,9H2,1H3,(H,17,18). The van der Waals surface area contributed by atoms with Crippen molar-refractivity contribution in [1.82, 2.24) is 10.3 Å². The van der Waals surface area contributed by atoms with Gasteiger partial charge in [-0.15, -0.1) is 0 Å². The summed E-state index contributed by atoms with van der Waals surface area (Å²) in [7, 11) is 1.58. The van der Waals surface area contributed by atoms with Crippen LogP contribution in [0.25, 0.3) is 0 Å². The van der Waals surface area contributed by atoms with Crippen LogP contribution < -0.4 is 10.1 Å². The fourth-order valence-electron chi connectivity index (χ4n) is 1.58. The molecule has 1 aromatic heterocycles. The van der Waals surface area contributed by atoms with Crippen LogP contribution in [-0.2, 0) is 6.54 Å². The number of carbonyl (C=O) groups excluding carboxylic acids is 1. The number of ether oxygens (including phenoxy) is 1. The van der Waals surface area contributed by atoms with E-state index in [0.717, 1.165) is 10.2 Å². The number of methoxy groups -OCH3 is 1. The summed E-state index contributed by atoms with van der Waals surface area (Å²) in [5, 5.41) is 2.82. The maximum atomic E-state index is 12.0. The molecule has 0 unspecified atom stereocenters. The Labute approximate surface area is 119 Å². The van der Waals surface area contributed by atoms with Crippen molar-refractivity contribution >= 4 is 21.8 Å². The van der Waals surface area contributed by atoms with E-state index >= 15 is 0 Å². The van der Waals surface area contributed by atoms with E-state index in [0.29, 0.717) is 17.9 Å². The Morgan fingerprint density at radius 2 is 2.21 bits per heavy atom. The first-order valence-corrected chi connectivity index (χ1v) is 6.51. The summed E-state index contributed by atoms with van der Waals surface area (Å²) in [5.74, 6) is 0.551. The summed E-state index contributed by atoms with van der Waals surface area (Å²) in [6.45, 7) is 0.406. The monoisotopic (exact) mass is 320 g/mol. The lowest BCUT2D eigenvalue weighted by Gasteiger charge is -2.07. The van der Waals surface area contributed by atoms with Gasteiger partial charge in [-0.05, 0) is 46.3 Å². The van der Waals surface area contributed by atoms with Crippen molar-refractivity contribution in [2.75, 3.05) is 7.11 Å². The van der Waals surface area contributed by atoms with Gasteiger partial charge in [0.15, 0.2) is 0 Å². The second-order valence-corrected chi connectivity index (χ2v) is 4.71. The molecule has 0 atom stereocenters. The molecule has 0 fully saturated rings. The number of benzene rings is 1. The molecule has 1 amide bonds. The average Bonchev–Trinajstić information content (AvgIpc) is 2.45. The fraction of sp³-hybridized carbons (Fsp3) is 0.143. The summed E-state index contributed by atoms with van der Waals surface area (Å²) in [5.41, 5.74) is 1.40. The van der Waals surface area contributed by atoms with E-state index in [-0.39, 0.29) is 5.91 Å². The van der Waals surface area contributed by atoms with Gasteiger partial charge in [0.1, 0.15) is 5.75 Å². The van der Waals surface area contributed by atoms with Gasteiger partial charge in [-0.25, -0.2) is 0 Å². The first-order chi connectivity index (χ1) is 9.20. The minimum absolute atomic E-state index is 0.144. The molecule has 0 saturated carbocycles. The Hall–Kier alpha value is -1.88. The Morgan fingerprint density at radius 1 is 1.37 bits per heavy atom. The Kier molecular flexibility index (Phi) is 4.52. The van der Waals surface area contributed by atoms with Crippen molar-refractivity contribution in [3.8, 4) is 5.75 Å². The summed E-state index contributed by atoms with van der Waals surface area (Å²) in [6.07, 6.45) is 1.70. The van der Waals surface area contributed by atoms with Gasteiger partial charge in [-0.3, -0.25) is 9.78 Å². The summed E-state index contributed by atoms with van der Waals surface area (Å²) in [4.78, 5) is 16.1. The minimum atomic E-state index is -0.144. The van der Waals surface area contributed by atoms with E-state index in [1.54, 1.807) is 31.5 Å². The molecule has 2 rings (SSSR count). The molecule has 4 nitrogen and oxygen atoms in total. The van der Waals surface area contributed by atoms with Crippen LogP contribution in [0.1, 0.15) is 16.1 Å². The van der Waals surface area contributed by atoms with E-state index < -0.39 is 0 Å². The number of aromatic nitrogens is 1. The molecule has 0 saturated heterocycles. The molecule has 19 heavy (non-hydrogen) atoms. The second-order valence-electron chi connectivity index (χ2n) is 3.85. The van der Waals surface area contributed by atoms with Gasteiger partial charge in [0.25, 0.3) is 5.91 Å². The highest BCUT2D eigenvalue weighted by Crippen LogP contribution is 2.25. The molecule has 0 aliphatic carbocycles. The molecule has 0 bridgehead atoms. The van der Waals surface area contributed by atoms with Gasteiger partial charge in [0.2, 0.25) is 0 Å². The third kappa shape index (κ3) is 3.54. The molecule has 2 aromatic rings. The van der Waals surface area contributed by atoms with Crippen molar-refractivity contribution in [2.24, 2.45) is 0 Å². The quantitative estimate of drug-likeness (QED) is 0.942. The predicted octanol–water partition coefficient (Wildman–Crippen LogP) is 2.78. The Balaban J connectivity index is 2.02. The van der Waals surface area contributed by atoms with E-state index in [9.17, 15) is 4.79 Å². The topological polar surface area (TPSA) is 51.2 Å². The number of nitrogens with zero attached hydrogens (tertiary/aromatic N) is 1. The van der Waals surface area contributed by atoms with Crippen molar-refractivity contribution in [3.63, 3.8) is 0 Å². The summed E-state index contributed by atoms with van der Waals surface area (Å²) < 4.78 is 5.87. The smallest absolute Gasteiger partial charge is 0.251 e. The van der Waals surface area contributed by atoms with E-state index in [1.165, 1.54) is 0 Å². The Bertz CT molecular complexity index is 573. The highest BCUT2D eigenvalue weighted by molar-refractivity contribution is 9.10. The van der Waals surface area contributed by atoms with Crippen LogP contribution in [0, 0.1) is 0 Å². The second kappa shape index (κ2) is 6.33. The molecule has 0 aliphatic heterocycles. The van der Waals surface area contributed by atoms with Crippen LogP contribution in [0.15, 0.2) is 47.1 Å². The zero-order valence-corrected chi connectivity index (χ0v) is 12.0. The summed E-state index contributed by atoms with van der Waals surface area (Å²) in [6, 6.07) is 10.8. The zero-order chi connectivity index (χ0) is 13.7. The number of pyridine rings is 1. The normalized spacial score (nSPS) is 10.0. The van der Waals surface area contributed by atoms with E-state index in [2.05, 4.69) is 26.2 Å². The van der Waals surface area contributed by atoms with Gasteiger partial charge < -0.3 is 10.1 Å². The molecule has 1 heterocycles. The predicted molar refractivity (Wildman–Crippen MR) is 76.1 cm³/mol. The number of amides is 1. The molecule has 0 radical (unpaired) electrons. The molecule has 1 aromatic carbocycles. The maximum Gasteiger partial charge on any atom is 0.251 e. The minimum Gasteiger partial charge on any atom is -0.496 e. The van der Waals surface area contributed by atoms with Crippen LogP contribution in [0.3, 0.4) is 0 Å². The Morgan fingerprint density at radius 3 is 2.84 bits per heavy atom. The molecule has 98 valence electrons. The largest absolute Gasteiger partial charge is 0.496 e. The number of carbonyl (C=O) groups is 1. The van der Waals surface area contributed by atoms with E-state index in [1.807, 2.05) is 18.2 Å². The molecule has 0 spiro atoms. The molecular weight excluding hydrogens is 308 g/mol. The highest BCUT2D eigenvalue weighted by Gasteiger charge is 2.08. The lowest BCUT2D eigenvalue weighted by atomic mass is 10.2. The number of hydrogen-bond acceptors (Lipinski definition) is 3. The number of rotatable bonds is 4. The van der Waals surface area contributed by atoms with Crippen LogP contribution in [0.5, 0.6) is 5.75 Å². The highest BCUT2D eigenvalue weighted by atomic mass is 79.9. The maximum absolute atomic E-state index is 12.0. The lowest BCUT2D eigenvalue weighted by molar-refractivity contribution is 0.0950. The summed E-state index contributed by atoms with van der Waals surface area (Å²) >= 11 is 3.35. The molecule has 0 aliphatic rings. The number of nitrogens with one attached hydrogen (secondary N) is 1. The van der Waals surface area contributed by atoms with Gasteiger partial charge in [0.05, 0.1) is 23.8 Å². The van der Waals surface area contributed by atoms with Crippen molar-refractivity contribution in [1.29, 1.82) is 0 Å².